The summed E-state index contributed by atoms with van der Waals surface area (Å²) in [6, 6.07) is 0.694. The third-order valence-electron chi connectivity index (χ3n) is 3.51. The van der Waals surface area contributed by atoms with Crippen LogP contribution in [0.3, 0.4) is 0 Å². The molecule has 0 saturated heterocycles. The monoisotopic (exact) mass is 332 g/mol. The van der Waals surface area contributed by atoms with Gasteiger partial charge in [-0.25, -0.2) is 0 Å². The summed E-state index contributed by atoms with van der Waals surface area (Å²) < 4.78 is 58.3. The van der Waals surface area contributed by atoms with Gasteiger partial charge >= 0.3 is 12.3 Å². The molecule has 6 nitrogen and oxygen atoms in total. The average molecular weight is 332 g/mol. The molecule has 0 radical (unpaired) electrons. The summed E-state index contributed by atoms with van der Waals surface area (Å²) in [5.74, 6) is -5.14. The lowest BCUT2D eigenvalue weighted by atomic mass is 10.1. The summed E-state index contributed by atoms with van der Waals surface area (Å²) in [6.07, 6.45) is 2.42. The number of rotatable bonds is 4. The predicted molar refractivity (Wildman–Crippen MR) is 69.7 cm³/mol. The fourth-order valence-electron chi connectivity index (χ4n) is 2.45. The van der Waals surface area contributed by atoms with Gasteiger partial charge in [0.2, 0.25) is 11.6 Å². The van der Waals surface area contributed by atoms with Crippen molar-refractivity contribution < 1.29 is 27.2 Å². The van der Waals surface area contributed by atoms with Crippen molar-refractivity contribution in [3.63, 3.8) is 0 Å². The van der Waals surface area contributed by atoms with Gasteiger partial charge in [0.15, 0.2) is 11.2 Å². The number of halogens is 4. The average Bonchev–Trinajstić information content (AvgIpc) is 3.28. The molecule has 2 aromatic rings. The normalized spacial score (nSPS) is 14.5. The number of pyridine rings is 1. The molecule has 10 heteroatoms. The Morgan fingerprint density at radius 1 is 1.30 bits per heavy atom. The molecule has 1 aliphatic carbocycles. The van der Waals surface area contributed by atoms with Gasteiger partial charge in [-0.3, -0.25) is 14.9 Å². The van der Waals surface area contributed by atoms with Crippen LogP contribution in [0.2, 0.25) is 0 Å². The lowest BCUT2D eigenvalue weighted by Crippen LogP contribution is -2.15. The molecule has 0 aliphatic heterocycles. The van der Waals surface area contributed by atoms with Crippen molar-refractivity contribution in [3.05, 3.63) is 44.2 Å². The van der Waals surface area contributed by atoms with E-state index < -0.39 is 50.9 Å². The maximum absolute atomic E-state index is 14.1. The number of nitro benzene ring substituents is 1. The Kier molecular flexibility index (Phi) is 3.46. The molecule has 1 aromatic heterocycles. The summed E-state index contributed by atoms with van der Waals surface area (Å²) in [5.41, 5.74) is -2.91. The maximum atomic E-state index is 14.1. The Morgan fingerprint density at radius 3 is 2.48 bits per heavy atom. The van der Waals surface area contributed by atoms with Crippen molar-refractivity contribution in [2.45, 2.75) is 25.5 Å². The molecule has 0 unspecified atom stereocenters. The highest BCUT2D eigenvalue weighted by atomic mass is 19.3. The summed E-state index contributed by atoms with van der Waals surface area (Å²) in [5, 5.41) is 10.2. The quantitative estimate of drug-likeness (QED) is 0.490. The molecule has 0 spiro atoms. The summed E-state index contributed by atoms with van der Waals surface area (Å²) in [7, 11) is 0. The SMILES string of the molecule is O=c1ccn(C2CC2)c2c(OC(F)F)c(F)c(F)c([N+](=O)[O-])c12. The summed E-state index contributed by atoms with van der Waals surface area (Å²) >= 11 is 0. The van der Waals surface area contributed by atoms with Gasteiger partial charge in [0.1, 0.15) is 10.9 Å². The highest BCUT2D eigenvalue weighted by molar-refractivity contribution is 5.93. The van der Waals surface area contributed by atoms with Gasteiger partial charge in [-0.05, 0) is 12.8 Å². The zero-order valence-corrected chi connectivity index (χ0v) is 11.3. The second-order valence-electron chi connectivity index (χ2n) is 4.98. The van der Waals surface area contributed by atoms with Crippen molar-refractivity contribution in [3.8, 4) is 5.75 Å². The highest BCUT2D eigenvalue weighted by Gasteiger charge is 2.35. The Labute approximate surface area is 125 Å². The van der Waals surface area contributed by atoms with Gasteiger partial charge in [0.05, 0.1) is 4.92 Å². The Balaban J connectivity index is 2.52. The molecule has 0 amide bonds. The summed E-state index contributed by atoms with van der Waals surface area (Å²) in [4.78, 5) is 21.7. The molecular formula is C13H8F4N2O4. The molecule has 1 saturated carbocycles. The van der Waals surface area contributed by atoms with Gasteiger partial charge in [0.25, 0.3) is 0 Å². The Morgan fingerprint density at radius 2 is 1.96 bits per heavy atom. The number of alkyl halides is 2. The fraction of sp³-hybridized carbons (Fsp3) is 0.308. The van der Waals surface area contributed by atoms with Gasteiger partial charge in [-0.1, -0.05) is 0 Å². The number of benzene rings is 1. The van der Waals surface area contributed by atoms with Crippen LogP contribution >= 0.6 is 0 Å². The van der Waals surface area contributed by atoms with E-state index in [9.17, 15) is 32.5 Å². The van der Waals surface area contributed by atoms with Crippen molar-refractivity contribution >= 4 is 16.6 Å². The standard InChI is InChI=1S/C13H8F4N2O4/c14-8-9(15)12(23-13(16)17)11-7(10(8)19(21)22)6(20)3-4-18(11)5-1-2-5/h3-5,13H,1-2H2. The van der Waals surface area contributed by atoms with Crippen molar-refractivity contribution in [2.24, 2.45) is 0 Å². The molecule has 1 heterocycles. The minimum absolute atomic E-state index is 0.248. The first-order chi connectivity index (χ1) is 10.8. The van der Waals surface area contributed by atoms with E-state index in [1.807, 2.05) is 0 Å². The molecular weight excluding hydrogens is 324 g/mol. The van der Waals surface area contributed by atoms with Crippen LogP contribution in [0.15, 0.2) is 17.1 Å². The first kappa shape index (κ1) is 15.3. The van der Waals surface area contributed by atoms with Gasteiger partial charge < -0.3 is 9.30 Å². The first-order valence-electron chi connectivity index (χ1n) is 6.48. The first-order valence-corrected chi connectivity index (χ1v) is 6.48. The van der Waals surface area contributed by atoms with E-state index in [1.54, 1.807) is 0 Å². The lowest BCUT2D eigenvalue weighted by Gasteiger charge is -2.15. The number of fused-ring (bicyclic) bond motifs is 1. The van der Waals surface area contributed by atoms with Crippen LogP contribution in [0, 0.1) is 21.7 Å². The molecule has 1 aliphatic rings. The third kappa shape index (κ3) is 2.39. The van der Waals surface area contributed by atoms with Crippen LogP contribution in [0.25, 0.3) is 10.9 Å². The molecule has 0 N–H and O–H groups in total. The van der Waals surface area contributed by atoms with Crippen LogP contribution < -0.4 is 10.2 Å². The number of hydrogen-bond donors (Lipinski definition) is 0. The Bertz CT molecular complexity index is 877. The number of ether oxygens (including phenoxy) is 1. The summed E-state index contributed by atoms with van der Waals surface area (Å²) in [6.45, 7) is -3.49. The van der Waals surface area contributed by atoms with E-state index in [4.69, 9.17) is 0 Å². The maximum Gasteiger partial charge on any atom is 0.387 e. The smallest absolute Gasteiger partial charge is 0.387 e. The molecule has 1 aromatic carbocycles. The zero-order chi connectivity index (χ0) is 16.9. The molecule has 23 heavy (non-hydrogen) atoms. The largest absolute Gasteiger partial charge is 0.429 e. The van der Waals surface area contributed by atoms with Gasteiger partial charge in [0, 0.05) is 18.3 Å². The van der Waals surface area contributed by atoms with Crippen molar-refractivity contribution in [1.29, 1.82) is 0 Å². The minimum Gasteiger partial charge on any atom is -0.429 e. The second kappa shape index (κ2) is 5.21. The minimum atomic E-state index is -3.49. The van der Waals surface area contributed by atoms with Crippen molar-refractivity contribution in [1.82, 2.24) is 4.57 Å². The number of aromatic nitrogens is 1. The van der Waals surface area contributed by atoms with E-state index in [1.165, 1.54) is 10.8 Å². The van der Waals surface area contributed by atoms with Gasteiger partial charge in [-0.15, -0.1) is 0 Å². The highest BCUT2D eigenvalue weighted by Crippen LogP contribution is 2.43. The van der Waals surface area contributed by atoms with Crippen LogP contribution in [0.4, 0.5) is 23.2 Å². The number of nitrogens with zero attached hydrogens (tertiary/aromatic N) is 2. The second-order valence-corrected chi connectivity index (χ2v) is 4.98. The lowest BCUT2D eigenvalue weighted by molar-refractivity contribution is -0.386. The Hall–Kier alpha value is -2.65. The van der Waals surface area contributed by atoms with Crippen LogP contribution in [-0.4, -0.2) is 16.1 Å². The van der Waals surface area contributed by atoms with E-state index in [0.29, 0.717) is 12.8 Å². The molecule has 0 bridgehead atoms. The van der Waals surface area contributed by atoms with E-state index >= 15 is 0 Å². The van der Waals surface area contributed by atoms with Crippen LogP contribution in [-0.2, 0) is 0 Å². The number of nitro groups is 1. The van der Waals surface area contributed by atoms with E-state index in [0.717, 1.165) is 6.07 Å². The van der Waals surface area contributed by atoms with Crippen LogP contribution in [0.1, 0.15) is 18.9 Å². The topological polar surface area (TPSA) is 74.4 Å². The zero-order valence-electron chi connectivity index (χ0n) is 11.3. The molecule has 3 rings (SSSR count). The van der Waals surface area contributed by atoms with Crippen molar-refractivity contribution in [2.75, 3.05) is 0 Å². The third-order valence-corrected chi connectivity index (χ3v) is 3.51. The predicted octanol–water partition coefficient (Wildman–Crippen LogP) is 3.12. The fourth-order valence-corrected chi connectivity index (χ4v) is 2.45. The molecule has 1 fully saturated rings. The van der Waals surface area contributed by atoms with Crippen LogP contribution in [0.5, 0.6) is 5.75 Å². The molecule has 0 atom stereocenters. The number of hydrogen-bond acceptors (Lipinski definition) is 4. The van der Waals surface area contributed by atoms with Gasteiger partial charge in [-0.2, -0.15) is 17.6 Å². The van der Waals surface area contributed by atoms with E-state index in [2.05, 4.69) is 4.74 Å². The molecule has 122 valence electrons. The van der Waals surface area contributed by atoms with E-state index in [-0.39, 0.29) is 6.04 Å².